The van der Waals surface area contributed by atoms with Gasteiger partial charge in [0.2, 0.25) is 11.5 Å². The van der Waals surface area contributed by atoms with Gasteiger partial charge in [0.1, 0.15) is 12.3 Å². The van der Waals surface area contributed by atoms with Crippen molar-refractivity contribution in [3.05, 3.63) is 53.2 Å². The summed E-state index contributed by atoms with van der Waals surface area (Å²) >= 11 is 5.94. The molecule has 3 N–H and O–H groups in total. The summed E-state index contributed by atoms with van der Waals surface area (Å²) in [6.07, 6.45) is -3.37. The zero-order chi connectivity index (χ0) is 22.4. The first kappa shape index (κ1) is 24.0. The summed E-state index contributed by atoms with van der Waals surface area (Å²) < 4.78 is 47.1. The number of ether oxygens (including phenoxy) is 2. The molecular formula is C18H18ClF3N2O5. The fourth-order valence-corrected chi connectivity index (χ4v) is 1.99. The first-order valence-electron chi connectivity index (χ1n) is 7.94. The van der Waals surface area contributed by atoms with Crippen molar-refractivity contribution in [2.45, 2.75) is 25.6 Å². The summed E-state index contributed by atoms with van der Waals surface area (Å²) in [5.74, 6) is -3.02. The molecule has 0 saturated heterocycles. The van der Waals surface area contributed by atoms with E-state index in [-0.39, 0.29) is 29.0 Å². The van der Waals surface area contributed by atoms with Gasteiger partial charge in [0.15, 0.2) is 0 Å². The summed E-state index contributed by atoms with van der Waals surface area (Å²) in [5, 5.41) is 2.04. The molecule has 0 spiro atoms. The van der Waals surface area contributed by atoms with Crippen LogP contribution in [0.2, 0.25) is 5.02 Å². The largest absolute Gasteiger partial charge is 0.459 e. The van der Waals surface area contributed by atoms with Crippen molar-refractivity contribution in [2.75, 3.05) is 11.9 Å². The van der Waals surface area contributed by atoms with Gasteiger partial charge >= 0.3 is 18.1 Å². The Kier molecular flexibility index (Phi) is 7.84. The fraction of sp³-hybridized carbons (Fsp3) is 0.278. The predicted octanol–water partition coefficient (Wildman–Crippen LogP) is 3.35. The normalized spacial score (nSPS) is 12.1. The molecule has 1 amide bonds. The number of amides is 1. The molecule has 1 aromatic rings. The Balaban J connectivity index is 2.99. The highest BCUT2D eigenvalue weighted by Gasteiger charge is 2.35. The van der Waals surface area contributed by atoms with Gasteiger partial charge in [-0.25, -0.2) is 9.59 Å². The van der Waals surface area contributed by atoms with E-state index in [1.54, 1.807) is 0 Å². The molecule has 0 saturated carbocycles. The van der Waals surface area contributed by atoms with Crippen molar-refractivity contribution in [1.29, 1.82) is 0 Å². The number of rotatable bonds is 7. The molecule has 0 aliphatic rings. The van der Waals surface area contributed by atoms with Crippen LogP contribution >= 0.6 is 11.6 Å². The maximum atomic E-state index is 12.4. The molecule has 1 rings (SSSR count). The molecule has 11 heteroatoms. The van der Waals surface area contributed by atoms with E-state index >= 15 is 0 Å². The lowest BCUT2D eigenvalue weighted by Gasteiger charge is -2.23. The van der Waals surface area contributed by atoms with Crippen molar-refractivity contribution in [1.82, 2.24) is 0 Å². The Hall–Kier alpha value is -3.01. The van der Waals surface area contributed by atoms with E-state index in [4.69, 9.17) is 26.8 Å². The van der Waals surface area contributed by atoms with Gasteiger partial charge in [0.25, 0.3) is 0 Å². The lowest BCUT2D eigenvalue weighted by atomic mass is 10.1. The summed E-state index contributed by atoms with van der Waals surface area (Å²) in [6.45, 7) is 5.89. The Morgan fingerprint density at radius 2 is 1.90 bits per heavy atom. The molecule has 1 aromatic carbocycles. The van der Waals surface area contributed by atoms with E-state index in [0.29, 0.717) is 0 Å². The molecule has 0 atom stereocenters. The van der Waals surface area contributed by atoms with Crippen LogP contribution in [-0.4, -0.2) is 36.2 Å². The summed E-state index contributed by atoms with van der Waals surface area (Å²) in [4.78, 5) is 36.0. The second-order valence-electron chi connectivity index (χ2n) is 6.07. The third-order valence-electron chi connectivity index (χ3n) is 3.24. The number of esters is 2. The highest BCUT2D eigenvalue weighted by atomic mass is 35.5. The zero-order valence-electron chi connectivity index (χ0n) is 15.4. The number of anilines is 1. The fourth-order valence-electron chi connectivity index (χ4n) is 1.80. The molecule has 158 valence electrons. The van der Waals surface area contributed by atoms with Crippen molar-refractivity contribution in [2.24, 2.45) is 5.73 Å². The minimum absolute atomic E-state index is 0.0513. The summed E-state index contributed by atoms with van der Waals surface area (Å²) in [6, 6.07) is 3.54. The van der Waals surface area contributed by atoms with E-state index in [1.165, 1.54) is 32.1 Å². The number of hydrogen-bond acceptors (Lipinski definition) is 6. The van der Waals surface area contributed by atoms with Crippen LogP contribution < -0.4 is 11.1 Å². The van der Waals surface area contributed by atoms with Crippen molar-refractivity contribution in [3.8, 4) is 0 Å². The molecular weight excluding hydrogens is 417 g/mol. The lowest BCUT2D eigenvalue weighted by Crippen LogP contribution is -2.39. The minimum atomic E-state index is -4.86. The minimum Gasteiger partial charge on any atom is -0.459 e. The first-order valence-corrected chi connectivity index (χ1v) is 8.32. The monoisotopic (exact) mass is 434 g/mol. The molecule has 0 unspecified atom stereocenters. The standard InChI is InChI=1S/C18H18ClF3N2O5/c1-4-7-28-16(27)17(2,3)29-15(26)11-8-10(5-6-12(11)19)24-14(25)9-13(23)18(20,21)22/h4-6,8-9H,1,7,23H2,2-3H3,(H,24,25). The number of alkyl halides is 3. The number of allylic oxidation sites excluding steroid dienone is 1. The number of benzene rings is 1. The van der Waals surface area contributed by atoms with Gasteiger partial charge < -0.3 is 20.5 Å². The highest BCUT2D eigenvalue weighted by Crippen LogP contribution is 2.25. The number of nitrogens with one attached hydrogen (secondary N) is 1. The van der Waals surface area contributed by atoms with E-state index < -0.39 is 35.3 Å². The number of carbonyl (C=O) groups is 3. The average Bonchev–Trinajstić information content (AvgIpc) is 2.59. The second-order valence-corrected chi connectivity index (χ2v) is 6.48. The van der Waals surface area contributed by atoms with Crippen LogP contribution in [0.25, 0.3) is 0 Å². The van der Waals surface area contributed by atoms with Gasteiger partial charge in [0, 0.05) is 11.8 Å². The van der Waals surface area contributed by atoms with Crippen LogP contribution in [0.15, 0.2) is 42.6 Å². The number of nitrogens with two attached hydrogens (primary N) is 1. The smallest absolute Gasteiger partial charge is 0.430 e. The second kappa shape index (κ2) is 9.46. The van der Waals surface area contributed by atoms with Crippen LogP contribution in [0.5, 0.6) is 0 Å². The summed E-state index contributed by atoms with van der Waals surface area (Å²) in [7, 11) is 0. The number of hydrogen-bond donors (Lipinski definition) is 2. The molecule has 29 heavy (non-hydrogen) atoms. The predicted molar refractivity (Wildman–Crippen MR) is 99.1 cm³/mol. The lowest BCUT2D eigenvalue weighted by molar-refractivity contribution is -0.161. The molecule has 0 aliphatic heterocycles. The topological polar surface area (TPSA) is 108 Å². The molecule has 0 aromatic heterocycles. The Bertz CT molecular complexity index is 850. The first-order chi connectivity index (χ1) is 13.3. The Morgan fingerprint density at radius 1 is 1.28 bits per heavy atom. The maximum Gasteiger partial charge on any atom is 0.430 e. The van der Waals surface area contributed by atoms with Gasteiger partial charge in [-0.2, -0.15) is 13.2 Å². The van der Waals surface area contributed by atoms with Crippen molar-refractivity contribution >= 4 is 35.1 Å². The van der Waals surface area contributed by atoms with Crippen LogP contribution in [0.4, 0.5) is 18.9 Å². The van der Waals surface area contributed by atoms with E-state index in [2.05, 4.69) is 11.9 Å². The molecule has 7 nitrogen and oxygen atoms in total. The molecule has 0 heterocycles. The van der Waals surface area contributed by atoms with Crippen LogP contribution in [0, 0.1) is 0 Å². The van der Waals surface area contributed by atoms with E-state index in [1.807, 2.05) is 0 Å². The Morgan fingerprint density at radius 3 is 2.45 bits per heavy atom. The van der Waals surface area contributed by atoms with E-state index in [0.717, 1.165) is 6.07 Å². The molecule has 0 bridgehead atoms. The van der Waals surface area contributed by atoms with E-state index in [9.17, 15) is 27.6 Å². The van der Waals surface area contributed by atoms with Crippen LogP contribution in [-0.2, 0) is 19.1 Å². The zero-order valence-corrected chi connectivity index (χ0v) is 16.2. The van der Waals surface area contributed by atoms with Gasteiger partial charge in [-0.3, -0.25) is 4.79 Å². The summed E-state index contributed by atoms with van der Waals surface area (Å²) in [5.41, 5.74) is 1.23. The van der Waals surface area contributed by atoms with Crippen LogP contribution in [0.1, 0.15) is 24.2 Å². The van der Waals surface area contributed by atoms with Gasteiger partial charge in [-0.1, -0.05) is 24.3 Å². The van der Waals surface area contributed by atoms with Gasteiger partial charge in [0.05, 0.1) is 10.6 Å². The maximum absolute atomic E-state index is 12.4. The molecule has 0 aliphatic carbocycles. The third-order valence-corrected chi connectivity index (χ3v) is 3.57. The van der Waals surface area contributed by atoms with Gasteiger partial charge in [-0.15, -0.1) is 0 Å². The third kappa shape index (κ3) is 7.15. The quantitative estimate of drug-likeness (QED) is 0.387. The van der Waals surface area contributed by atoms with Crippen molar-refractivity contribution in [3.63, 3.8) is 0 Å². The number of carbonyl (C=O) groups excluding carboxylic acids is 3. The molecule has 0 fully saturated rings. The SMILES string of the molecule is C=CCOC(=O)C(C)(C)OC(=O)c1cc(NC(=O)C=C(N)C(F)(F)F)ccc1Cl. The highest BCUT2D eigenvalue weighted by molar-refractivity contribution is 6.33. The average molecular weight is 435 g/mol. The number of halogens is 4. The van der Waals surface area contributed by atoms with Crippen molar-refractivity contribution < 1.29 is 37.0 Å². The molecule has 0 radical (unpaired) electrons. The Labute approximate surface area is 169 Å². The van der Waals surface area contributed by atoms with Crippen LogP contribution in [0.3, 0.4) is 0 Å². The van der Waals surface area contributed by atoms with Gasteiger partial charge in [-0.05, 0) is 32.0 Å².